The van der Waals surface area contributed by atoms with Crippen LogP contribution in [-0.2, 0) is 16.0 Å². The highest BCUT2D eigenvalue weighted by atomic mass is 16.2. The summed E-state index contributed by atoms with van der Waals surface area (Å²) in [5.41, 5.74) is 9.48. The number of nitrogens with two attached hydrogens (primary N) is 1. The Labute approximate surface area is 202 Å². The Hall–Kier alpha value is -3.13. The van der Waals surface area contributed by atoms with Crippen LogP contribution in [0.25, 0.3) is 0 Å². The van der Waals surface area contributed by atoms with E-state index in [0.29, 0.717) is 30.4 Å². The van der Waals surface area contributed by atoms with E-state index in [1.165, 1.54) is 11.9 Å². The van der Waals surface area contributed by atoms with Gasteiger partial charge in [-0.2, -0.15) is 0 Å². The Balaban J connectivity index is 1.48. The molecule has 1 aromatic heterocycles. The zero-order chi connectivity index (χ0) is 24.2. The van der Waals surface area contributed by atoms with Crippen molar-refractivity contribution in [3.63, 3.8) is 0 Å². The number of piperazine rings is 1. The third-order valence-electron chi connectivity index (χ3n) is 7.06. The minimum absolute atomic E-state index is 0.105. The van der Waals surface area contributed by atoms with Gasteiger partial charge < -0.3 is 25.8 Å². The number of rotatable bonds is 4. The Kier molecular flexibility index (Phi) is 7.36. The number of nitrogen functional groups attached to an aromatic ring is 1. The lowest BCUT2D eigenvalue weighted by Crippen LogP contribution is -2.46. The van der Waals surface area contributed by atoms with E-state index in [9.17, 15) is 9.59 Å². The highest BCUT2D eigenvalue weighted by Crippen LogP contribution is 2.34. The van der Waals surface area contributed by atoms with Gasteiger partial charge in [-0.1, -0.05) is 26.0 Å². The first-order valence-electron chi connectivity index (χ1n) is 12.3. The number of likely N-dealkylation sites (N-methyl/N-ethyl adjacent to an activating group) is 1. The molecule has 8 nitrogen and oxygen atoms in total. The highest BCUT2D eigenvalue weighted by molar-refractivity contribution is 6.39. The summed E-state index contributed by atoms with van der Waals surface area (Å²) >= 11 is 0. The van der Waals surface area contributed by atoms with Gasteiger partial charge in [0.05, 0.1) is 17.9 Å². The first-order valence-corrected chi connectivity index (χ1v) is 12.3. The molecule has 0 radical (unpaired) electrons. The van der Waals surface area contributed by atoms with Crippen LogP contribution in [0.2, 0.25) is 0 Å². The van der Waals surface area contributed by atoms with Gasteiger partial charge in [0.25, 0.3) is 0 Å². The fraction of sp³-hybridized carbons (Fsp3) is 0.500. The zero-order valence-corrected chi connectivity index (χ0v) is 20.5. The predicted molar refractivity (Wildman–Crippen MR) is 136 cm³/mol. The summed E-state index contributed by atoms with van der Waals surface area (Å²) in [7, 11) is 2.15. The van der Waals surface area contributed by atoms with Crippen molar-refractivity contribution in [3.05, 3.63) is 47.7 Å². The van der Waals surface area contributed by atoms with Gasteiger partial charge in [0.1, 0.15) is 5.82 Å². The van der Waals surface area contributed by atoms with E-state index in [1.807, 2.05) is 6.92 Å². The van der Waals surface area contributed by atoms with Gasteiger partial charge in [-0.15, -0.1) is 0 Å². The number of carbonyl (C=O) groups is 2. The van der Waals surface area contributed by atoms with Crippen LogP contribution in [0.1, 0.15) is 43.9 Å². The van der Waals surface area contributed by atoms with E-state index in [0.717, 1.165) is 50.1 Å². The predicted octanol–water partition coefficient (Wildman–Crippen LogP) is 2.92. The molecule has 2 amide bonds. The molecule has 1 aromatic carbocycles. The maximum Gasteiger partial charge on any atom is 0.313 e. The SMILES string of the molecule is CCc1cc(NC(=O)C(=O)N2C[C@@H](C)CC[C@@H]2c2ccc(N3CCN(C)CC3)cc2)cnc1N. The topological polar surface area (TPSA) is 94.8 Å². The number of hydrogen-bond acceptors (Lipinski definition) is 6. The molecule has 0 aliphatic carbocycles. The third-order valence-corrected chi connectivity index (χ3v) is 7.06. The molecule has 4 rings (SSSR count). The van der Waals surface area contributed by atoms with E-state index in [2.05, 4.69) is 58.3 Å². The maximum absolute atomic E-state index is 13.3. The fourth-order valence-corrected chi connectivity index (χ4v) is 4.88. The van der Waals surface area contributed by atoms with Crippen LogP contribution < -0.4 is 16.0 Å². The Morgan fingerprint density at radius 1 is 1.12 bits per heavy atom. The first-order chi connectivity index (χ1) is 16.4. The summed E-state index contributed by atoms with van der Waals surface area (Å²) < 4.78 is 0. The monoisotopic (exact) mass is 464 g/mol. The molecular weight excluding hydrogens is 428 g/mol. The summed E-state index contributed by atoms with van der Waals surface area (Å²) in [5.74, 6) is -0.351. The number of likely N-dealkylation sites (tertiary alicyclic amines) is 1. The Bertz CT molecular complexity index is 1020. The Morgan fingerprint density at radius 2 is 1.82 bits per heavy atom. The summed E-state index contributed by atoms with van der Waals surface area (Å²) in [6.45, 7) is 8.81. The molecule has 34 heavy (non-hydrogen) atoms. The first kappa shape index (κ1) is 24.0. The molecular formula is C26H36N6O2. The van der Waals surface area contributed by atoms with Crippen LogP contribution in [0, 0.1) is 5.92 Å². The lowest BCUT2D eigenvalue weighted by atomic mass is 9.89. The average molecular weight is 465 g/mol. The van der Waals surface area contributed by atoms with E-state index in [-0.39, 0.29) is 6.04 Å². The van der Waals surface area contributed by atoms with Crippen LogP contribution in [0.15, 0.2) is 36.5 Å². The minimum Gasteiger partial charge on any atom is -0.383 e. The number of anilines is 3. The lowest BCUT2D eigenvalue weighted by molar-refractivity contribution is -0.146. The van der Waals surface area contributed by atoms with Gasteiger partial charge in [-0.3, -0.25) is 9.59 Å². The van der Waals surface area contributed by atoms with Crippen LogP contribution in [0.3, 0.4) is 0 Å². The molecule has 8 heteroatoms. The molecule has 2 fully saturated rings. The molecule has 2 saturated heterocycles. The molecule has 0 unspecified atom stereocenters. The molecule has 3 N–H and O–H groups in total. The molecule has 2 atom stereocenters. The molecule has 182 valence electrons. The number of nitrogens with one attached hydrogen (secondary N) is 1. The van der Waals surface area contributed by atoms with Crippen molar-refractivity contribution in [1.29, 1.82) is 0 Å². The van der Waals surface area contributed by atoms with E-state index >= 15 is 0 Å². The van der Waals surface area contributed by atoms with E-state index in [4.69, 9.17) is 5.73 Å². The average Bonchev–Trinajstić information content (AvgIpc) is 2.85. The number of carbonyl (C=O) groups excluding carboxylic acids is 2. The molecule has 0 bridgehead atoms. The van der Waals surface area contributed by atoms with Gasteiger partial charge in [-0.25, -0.2) is 4.98 Å². The van der Waals surface area contributed by atoms with Crippen molar-refractivity contribution in [1.82, 2.24) is 14.8 Å². The maximum atomic E-state index is 13.3. The van der Waals surface area contributed by atoms with Crippen molar-refractivity contribution in [2.45, 2.75) is 39.2 Å². The second kappa shape index (κ2) is 10.4. The number of amides is 2. The molecule has 0 spiro atoms. The zero-order valence-electron chi connectivity index (χ0n) is 20.5. The van der Waals surface area contributed by atoms with Crippen molar-refractivity contribution < 1.29 is 9.59 Å². The lowest BCUT2D eigenvalue weighted by Gasteiger charge is -2.39. The summed E-state index contributed by atoms with van der Waals surface area (Å²) in [6, 6.07) is 10.2. The summed E-state index contributed by atoms with van der Waals surface area (Å²) in [5, 5.41) is 2.72. The second-order valence-corrected chi connectivity index (χ2v) is 9.61. The van der Waals surface area contributed by atoms with Crippen LogP contribution in [0.4, 0.5) is 17.2 Å². The number of aryl methyl sites for hydroxylation is 1. The Morgan fingerprint density at radius 3 is 2.50 bits per heavy atom. The van der Waals surface area contributed by atoms with Crippen LogP contribution in [0.5, 0.6) is 0 Å². The van der Waals surface area contributed by atoms with Gasteiger partial charge in [0.2, 0.25) is 0 Å². The van der Waals surface area contributed by atoms with Crippen LogP contribution >= 0.6 is 0 Å². The smallest absolute Gasteiger partial charge is 0.313 e. The molecule has 2 aliphatic rings. The number of benzene rings is 1. The molecule has 0 saturated carbocycles. The van der Waals surface area contributed by atoms with E-state index in [1.54, 1.807) is 11.0 Å². The number of pyridine rings is 1. The normalized spacial score (nSPS) is 21.4. The van der Waals surface area contributed by atoms with Gasteiger partial charge in [-0.05, 0) is 61.6 Å². The molecule has 3 heterocycles. The van der Waals surface area contributed by atoms with Crippen molar-refractivity contribution in [3.8, 4) is 0 Å². The minimum atomic E-state index is -0.637. The summed E-state index contributed by atoms with van der Waals surface area (Å²) in [6.07, 6.45) is 4.06. The number of nitrogens with zero attached hydrogens (tertiary/aromatic N) is 4. The number of piperidine rings is 1. The van der Waals surface area contributed by atoms with Gasteiger partial charge >= 0.3 is 11.8 Å². The summed E-state index contributed by atoms with van der Waals surface area (Å²) in [4.78, 5) is 36.8. The van der Waals surface area contributed by atoms with Gasteiger partial charge in [0.15, 0.2) is 0 Å². The van der Waals surface area contributed by atoms with Crippen molar-refractivity contribution in [2.24, 2.45) is 5.92 Å². The van der Waals surface area contributed by atoms with E-state index < -0.39 is 11.8 Å². The highest BCUT2D eigenvalue weighted by Gasteiger charge is 2.34. The third kappa shape index (κ3) is 5.33. The van der Waals surface area contributed by atoms with Gasteiger partial charge in [0, 0.05) is 38.4 Å². The molecule has 2 aliphatic heterocycles. The largest absolute Gasteiger partial charge is 0.383 e. The number of aromatic nitrogens is 1. The standard InChI is InChI=1S/C26H36N6O2/c1-4-19-15-21(16-28-24(19)27)29-25(33)26(34)32-17-18(2)5-10-23(32)20-6-8-22(9-7-20)31-13-11-30(3)12-14-31/h6-9,15-16,18,23H,4-5,10-14,17H2,1-3H3,(H2,27,28)(H,29,33)/t18-,23+/m0/s1. The van der Waals surface area contributed by atoms with Crippen LogP contribution in [-0.4, -0.2) is 66.4 Å². The quantitative estimate of drug-likeness (QED) is 0.676. The number of hydrogen-bond donors (Lipinski definition) is 2. The van der Waals surface area contributed by atoms with Crippen molar-refractivity contribution >= 4 is 29.0 Å². The van der Waals surface area contributed by atoms with Crippen molar-refractivity contribution in [2.75, 3.05) is 55.7 Å². The second-order valence-electron chi connectivity index (χ2n) is 9.61. The molecule has 2 aromatic rings. The fourth-order valence-electron chi connectivity index (χ4n) is 4.88.